The quantitative estimate of drug-likeness (QED) is 0.122. The summed E-state index contributed by atoms with van der Waals surface area (Å²) >= 11 is 0. The van der Waals surface area contributed by atoms with Gasteiger partial charge in [-0.15, -0.1) is 0 Å². The van der Waals surface area contributed by atoms with Crippen molar-refractivity contribution < 1.29 is 4.42 Å². The monoisotopic (exact) mass is 924 g/mol. The molecule has 0 saturated heterocycles. The number of furan rings is 1. The number of amidine groups is 1. The van der Waals surface area contributed by atoms with Crippen LogP contribution < -0.4 is 5.73 Å². The Labute approximate surface area is 417 Å². The summed E-state index contributed by atoms with van der Waals surface area (Å²) in [5.74, 6) is 0.495. The molecule has 72 heavy (non-hydrogen) atoms. The highest BCUT2D eigenvalue weighted by molar-refractivity contribution is 6.18. The van der Waals surface area contributed by atoms with Crippen molar-refractivity contribution in [3.63, 3.8) is 0 Å². The third kappa shape index (κ3) is 6.58. The Bertz CT molecular complexity index is 4360. The van der Waals surface area contributed by atoms with Crippen LogP contribution in [0.2, 0.25) is 0 Å². The molecule has 0 atom stereocenters. The van der Waals surface area contributed by atoms with Crippen molar-refractivity contribution in [3.05, 3.63) is 258 Å². The van der Waals surface area contributed by atoms with Crippen LogP contribution in [-0.4, -0.2) is 15.0 Å². The summed E-state index contributed by atoms with van der Waals surface area (Å²) in [4.78, 5) is 4.95. The third-order valence-electron chi connectivity index (χ3n) is 15.2. The molecular weight excluding hydrogens is 877 g/mol. The van der Waals surface area contributed by atoms with Crippen LogP contribution in [0.4, 0.5) is 0 Å². The number of rotatable bonds is 8. The first-order chi connectivity index (χ1) is 35.4. The zero-order valence-electron chi connectivity index (χ0n) is 40.0. The molecule has 3 aromatic heterocycles. The summed E-state index contributed by atoms with van der Waals surface area (Å²) in [5, 5.41) is 7.12. The number of nitrogens with two attached hydrogens (primary N) is 1. The molecule has 0 saturated carbocycles. The highest BCUT2D eigenvalue weighted by atomic mass is 16.3. The number of hydrogen-bond donors (Lipinski definition) is 1. The Morgan fingerprint density at radius 3 is 1.74 bits per heavy atom. The van der Waals surface area contributed by atoms with Gasteiger partial charge >= 0.3 is 0 Å². The van der Waals surface area contributed by atoms with Gasteiger partial charge in [0.15, 0.2) is 0 Å². The van der Waals surface area contributed by atoms with Gasteiger partial charge in [-0.1, -0.05) is 166 Å². The SMILES string of the molecule is CC1(C)c2ccccc2-c2cc3c4cc(-c5ccc6c(c5)c5cc7c(cc5n6-c5ccccc5)oc5ccccc57)ccc4n(-c4ccc(C/C=C(\N=C(N)c5ccccc5)c5ccccc5)cc4)c3cc21. The predicted octanol–water partition coefficient (Wildman–Crippen LogP) is 16.7. The minimum absolute atomic E-state index is 0.145. The van der Waals surface area contributed by atoms with Gasteiger partial charge in [-0.25, -0.2) is 4.99 Å². The molecule has 14 rings (SSSR count). The van der Waals surface area contributed by atoms with E-state index in [1.165, 1.54) is 71.5 Å². The lowest BCUT2D eigenvalue weighted by atomic mass is 9.82. The zero-order chi connectivity index (χ0) is 48.1. The number of benzene rings is 10. The van der Waals surface area contributed by atoms with E-state index >= 15 is 0 Å². The number of aliphatic imine (C=N–C) groups is 1. The normalized spacial score (nSPS) is 13.5. The van der Waals surface area contributed by atoms with Crippen molar-refractivity contribution in [2.75, 3.05) is 0 Å². The van der Waals surface area contributed by atoms with Crippen LogP contribution in [0.15, 0.2) is 240 Å². The van der Waals surface area contributed by atoms with Crippen LogP contribution in [0.5, 0.6) is 0 Å². The second-order valence-corrected chi connectivity index (χ2v) is 19.7. The van der Waals surface area contributed by atoms with Gasteiger partial charge in [0.25, 0.3) is 0 Å². The summed E-state index contributed by atoms with van der Waals surface area (Å²) in [6.45, 7) is 4.73. The number of aromatic nitrogens is 2. The van der Waals surface area contributed by atoms with Crippen molar-refractivity contribution >= 4 is 77.1 Å². The molecule has 5 nitrogen and oxygen atoms in total. The van der Waals surface area contributed by atoms with Crippen LogP contribution in [0, 0.1) is 0 Å². The van der Waals surface area contributed by atoms with Crippen LogP contribution >= 0.6 is 0 Å². The first-order valence-electron chi connectivity index (χ1n) is 24.8. The number of allylic oxidation sites excluding steroid dienone is 1. The first-order valence-corrected chi connectivity index (χ1v) is 24.8. The molecule has 1 aliphatic carbocycles. The highest BCUT2D eigenvalue weighted by Crippen LogP contribution is 2.51. The van der Waals surface area contributed by atoms with E-state index in [0.29, 0.717) is 12.3 Å². The largest absolute Gasteiger partial charge is 0.456 e. The first kappa shape index (κ1) is 41.8. The smallest absolute Gasteiger partial charge is 0.137 e. The van der Waals surface area contributed by atoms with Gasteiger partial charge in [-0.3, -0.25) is 0 Å². The molecule has 0 fully saturated rings. The fourth-order valence-electron chi connectivity index (χ4n) is 11.6. The fraction of sp³-hybridized carbons (Fsp3) is 0.0597. The van der Waals surface area contributed by atoms with Gasteiger partial charge < -0.3 is 19.3 Å². The topological polar surface area (TPSA) is 61.4 Å². The van der Waals surface area contributed by atoms with Crippen LogP contribution in [0.25, 0.3) is 105 Å². The van der Waals surface area contributed by atoms with E-state index in [9.17, 15) is 0 Å². The Hall–Kier alpha value is -9.19. The molecule has 10 aromatic carbocycles. The zero-order valence-corrected chi connectivity index (χ0v) is 40.0. The van der Waals surface area contributed by atoms with E-state index in [0.717, 1.165) is 61.2 Å². The van der Waals surface area contributed by atoms with Crippen molar-refractivity contribution in [1.29, 1.82) is 0 Å². The molecule has 1 aliphatic rings. The van der Waals surface area contributed by atoms with Gasteiger partial charge in [-0.05, 0) is 124 Å². The number of fused-ring (bicyclic) bond motifs is 12. The number of hydrogen-bond acceptors (Lipinski definition) is 2. The van der Waals surface area contributed by atoms with E-state index in [2.05, 4.69) is 199 Å². The van der Waals surface area contributed by atoms with Crippen molar-refractivity contribution in [3.8, 4) is 33.6 Å². The molecule has 2 N–H and O–H groups in total. The molecule has 5 heteroatoms. The van der Waals surface area contributed by atoms with Crippen LogP contribution in [0.1, 0.15) is 41.7 Å². The Morgan fingerprint density at radius 2 is 1.03 bits per heavy atom. The second-order valence-electron chi connectivity index (χ2n) is 19.7. The third-order valence-corrected chi connectivity index (χ3v) is 15.2. The lowest BCUT2D eigenvalue weighted by Crippen LogP contribution is -2.14. The average Bonchev–Trinajstić information content (AvgIpc) is 4.13. The second kappa shape index (κ2) is 16.2. The number of para-hydroxylation sites is 2. The lowest BCUT2D eigenvalue weighted by molar-refractivity contribution is 0.661. The van der Waals surface area contributed by atoms with Gasteiger partial charge in [-0.2, -0.15) is 0 Å². The lowest BCUT2D eigenvalue weighted by Gasteiger charge is -2.21. The van der Waals surface area contributed by atoms with Gasteiger partial charge in [0.05, 0.1) is 27.8 Å². The Morgan fingerprint density at radius 1 is 0.458 bits per heavy atom. The van der Waals surface area contributed by atoms with Crippen LogP contribution in [0.3, 0.4) is 0 Å². The molecule has 0 aliphatic heterocycles. The molecule has 13 aromatic rings. The van der Waals surface area contributed by atoms with Gasteiger partial charge in [0.1, 0.15) is 17.0 Å². The van der Waals surface area contributed by atoms with E-state index < -0.39 is 0 Å². The minimum atomic E-state index is -0.145. The molecule has 0 bridgehead atoms. The average molecular weight is 925 g/mol. The van der Waals surface area contributed by atoms with Gasteiger partial charge in [0, 0.05) is 60.7 Å². The molecule has 0 unspecified atom stereocenters. The summed E-state index contributed by atoms with van der Waals surface area (Å²) in [7, 11) is 0. The Balaban J connectivity index is 0.915. The molecule has 0 radical (unpaired) electrons. The maximum atomic E-state index is 6.58. The van der Waals surface area contributed by atoms with Crippen molar-refractivity contribution in [2.24, 2.45) is 10.7 Å². The minimum Gasteiger partial charge on any atom is -0.456 e. The number of nitrogens with zero attached hydrogens (tertiary/aromatic N) is 3. The van der Waals surface area contributed by atoms with Crippen LogP contribution in [-0.2, 0) is 11.8 Å². The fourth-order valence-corrected chi connectivity index (χ4v) is 11.6. The summed E-state index contributed by atoms with van der Waals surface area (Å²) in [6, 6.07) is 80.7. The maximum Gasteiger partial charge on any atom is 0.137 e. The predicted molar refractivity (Wildman–Crippen MR) is 301 cm³/mol. The maximum absolute atomic E-state index is 6.58. The van der Waals surface area contributed by atoms with E-state index in [-0.39, 0.29) is 5.41 Å². The molecule has 342 valence electrons. The molecular formula is C67H48N4O. The van der Waals surface area contributed by atoms with E-state index in [4.69, 9.17) is 15.1 Å². The van der Waals surface area contributed by atoms with Crippen molar-refractivity contribution in [1.82, 2.24) is 9.13 Å². The summed E-state index contributed by atoms with van der Waals surface area (Å²) in [6.07, 6.45) is 2.88. The summed E-state index contributed by atoms with van der Waals surface area (Å²) in [5.41, 5.74) is 26.8. The standard InChI is InChI=1S/C67H48N4O/c1-67(2)57-24-14-12-22-49(57)51-38-54-52-36-45(46-29-34-60-53(37-46)55-39-56-50-23-13-15-25-64(50)72-65(56)41-63(55)70(60)47-20-10-5-11-21-47)30-35-61(52)71(62(54)40-58(51)67)48-31-26-42(27-32-48)28-33-59(43-16-6-3-7-17-43)69-66(68)44-18-8-4-9-19-44/h3-27,29-41H,28H2,1-2H3,(H2,68,69)/b59-33-. The molecule has 3 heterocycles. The van der Waals surface area contributed by atoms with Crippen molar-refractivity contribution in [2.45, 2.75) is 25.7 Å². The Kier molecular flexibility index (Phi) is 9.39. The van der Waals surface area contributed by atoms with E-state index in [1.54, 1.807) is 0 Å². The van der Waals surface area contributed by atoms with Gasteiger partial charge in [0.2, 0.25) is 0 Å². The summed E-state index contributed by atoms with van der Waals surface area (Å²) < 4.78 is 11.3. The molecule has 0 spiro atoms. The molecule has 0 amide bonds. The van der Waals surface area contributed by atoms with E-state index in [1.807, 2.05) is 54.6 Å². The highest BCUT2D eigenvalue weighted by Gasteiger charge is 2.36.